The summed E-state index contributed by atoms with van der Waals surface area (Å²) in [5, 5.41) is 2.34. The van der Waals surface area contributed by atoms with Crippen molar-refractivity contribution in [3.05, 3.63) is 259 Å². The van der Waals surface area contributed by atoms with Crippen molar-refractivity contribution in [1.82, 2.24) is 0 Å². The van der Waals surface area contributed by atoms with Crippen molar-refractivity contribution in [2.24, 2.45) is 0 Å². The number of para-hydroxylation sites is 1. The van der Waals surface area contributed by atoms with Gasteiger partial charge in [-0.3, -0.25) is 0 Å². The Bertz CT molecular complexity index is 3270. The second-order valence-electron chi connectivity index (χ2n) is 16.0. The molecule has 0 saturated carbocycles. The fourth-order valence-corrected chi connectivity index (χ4v) is 10.0. The molecule has 0 fully saturated rings. The van der Waals surface area contributed by atoms with Gasteiger partial charge in [0.2, 0.25) is 0 Å². The molecule has 0 saturated heterocycles. The number of anilines is 3. The Kier molecular flexibility index (Phi) is 8.11. The molecule has 0 radical (unpaired) electrons. The van der Waals surface area contributed by atoms with Gasteiger partial charge >= 0.3 is 0 Å². The molecule has 286 valence electrons. The van der Waals surface area contributed by atoms with Crippen molar-refractivity contribution in [1.29, 1.82) is 0 Å². The van der Waals surface area contributed by atoms with E-state index in [0.29, 0.717) is 0 Å². The van der Waals surface area contributed by atoms with Crippen LogP contribution in [0.25, 0.3) is 55.3 Å². The van der Waals surface area contributed by atoms with Gasteiger partial charge in [-0.15, -0.1) is 0 Å². The van der Waals surface area contributed by atoms with Gasteiger partial charge in [0.1, 0.15) is 11.5 Å². The van der Waals surface area contributed by atoms with E-state index in [1.165, 1.54) is 49.9 Å². The molecule has 12 rings (SSSR count). The molecule has 10 aromatic carbocycles. The molecule has 2 heteroatoms. The number of hydrogen-bond acceptors (Lipinski definition) is 2. The first-order chi connectivity index (χ1) is 30.3. The Morgan fingerprint density at radius 1 is 0.311 bits per heavy atom. The fraction of sp³-hybridized carbons (Fsp3) is 0.0169. The maximum Gasteiger partial charge on any atom is 0.132 e. The first-order valence-electron chi connectivity index (χ1n) is 21.0. The van der Waals surface area contributed by atoms with Crippen molar-refractivity contribution in [3.8, 4) is 56.0 Å². The van der Waals surface area contributed by atoms with Crippen LogP contribution in [-0.4, -0.2) is 0 Å². The minimum Gasteiger partial charge on any atom is -0.457 e. The predicted octanol–water partition coefficient (Wildman–Crippen LogP) is 15.8. The molecule has 1 aliphatic carbocycles. The SMILES string of the molecule is c1ccc(-c2ccc(N(c3ccc(-c4ccccc4)cc3-c3ccccc3)c3cccc4c3C3(c5ccccc5Oc5cc6ccccc6cc53)c3ccccc3-4)cc2)cc1. The molecule has 1 unspecified atom stereocenters. The van der Waals surface area contributed by atoms with E-state index in [9.17, 15) is 0 Å². The van der Waals surface area contributed by atoms with Crippen LogP contribution >= 0.6 is 0 Å². The van der Waals surface area contributed by atoms with E-state index < -0.39 is 5.41 Å². The molecule has 1 heterocycles. The second kappa shape index (κ2) is 14.1. The van der Waals surface area contributed by atoms with Crippen LogP contribution in [0, 0.1) is 0 Å². The van der Waals surface area contributed by atoms with Crippen molar-refractivity contribution < 1.29 is 4.74 Å². The number of hydrogen-bond donors (Lipinski definition) is 0. The zero-order valence-corrected chi connectivity index (χ0v) is 33.4. The van der Waals surface area contributed by atoms with Gasteiger partial charge in [-0.2, -0.15) is 0 Å². The number of benzene rings is 10. The molecule has 61 heavy (non-hydrogen) atoms. The molecule has 0 N–H and O–H groups in total. The van der Waals surface area contributed by atoms with Crippen LogP contribution < -0.4 is 9.64 Å². The van der Waals surface area contributed by atoms with E-state index >= 15 is 0 Å². The lowest BCUT2D eigenvalue weighted by molar-refractivity contribution is 0.437. The van der Waals surface area contributed by atoms with Gasteiger partial charge in [0, 0.05) is 27.9 Å². The number of rotatable bonds is 6. The summed E-state index contributed by atoms with van der Waals surface area (Å²) in [6.45, 7) is 0. The lowest BCUT2D eigenvalue weighted by atomic mass is 9.65. The highest BCUT2D eigenvalue weighted by Crippen LogP contribution is 2.65. The number of fused-ring (bicyclic) bond motifs is 10. The van der Waals surface area contributed by atoms with E-state index in [4.69, 9.17) is 4.74 Å². The summed E-state index contributed by atoms with van der Waals surface area (Å²) in [7, 11) is 0. The Balaban J connectivity index is 1.19. The molecule has 0 amide bonds. The van der Waals surface area contributed by atoms with Crippen molar-refractivity contribution >= 4 is 27.8 Å². The zero-order valence-electron chi connectivity index (χ0n) is 33.4. The Hall–Kier alpha value is -7.94. The van der Waals surface area contributed by atoms with E-state index in [1.54, 1.807) is 0 Å². The molecule has 1 spiro atoms. The van der Waals surface area contributed by atoms with Crippen LogP contribution in [0.4, 0.5) is 17.1 Å². The van der Waals surface area contributed by atoms with Crippen LogP contribution in [-0.2, 0) is 5.41 Å². The van der Waals surface area contributed by atoms with Gasteiger partial charge in [0.25, 0.3) is 0 Å². The summed E-state index contributed by atoms with van der Waals surface area (Å²) in [6.07, 6.45) is 0. The summed E-state index contributed by atoms with van der Waals surface area (Å²) in [5.41, 5.74) is 16.8. The van der Waals surface area contributed by atoms with E-state index in [0.717, 1.165) is 56.2 Å². The van der Waals surface area contributed by atoms with Gasteiger partial charge in [0.05, 0.1) is 16.8 Å². The average Bonchev–Trinajstić information content (AvgIpc) is 3.63. The highest BCUT2D eigenvalue weighted by molar-refractivity contribution is 5.99. The maximum atomic E-state index is 6.95. The Morgan fingerprint density at radius 2 is 0.869 bits per heavy atom. The van der Waals surface area contributed by atoms with Crippen molar-refractivity contribution in [2.45, 2.75) is 5.41 Å². The Morgan fingerprint density at radius 3 is 1.61 bits per heavy atom. The van der Waals surface area contributed by atoms with Gasteiger partial charge in [0.15, 0.2) is 0 Å². The van der Waals surface area contributed by atoms with E-state index in [1.807, 2.05) is 0 Å². The summed E-state index contributed by atoms with van der Waals surface area (Å²) in [6, 6.07) is 86.0. The topological polar surface area (TPSA) is 12.5 Å². The average molecular weight is 778 g/mol. The molecule has 0 bridgehead atoms. The first-order valence-corrected chi connectivity index (χ1v) is 21.0. The van der Waals surface area contributed by atoms with E-state index in [-0.39, 0.29) is 0 Å². The maximum absolute atomic E-state index is 6.95. The highest BCUT2D eigenvalue weighted by atomic mass is 16.5. The first kappa shape index (κ1) is 35.0. The van der Waals surface area contributed by atoms with Crippen LogP contribution in [0.5, 0.6) is 11.5 Å². The van der Waals surface area contributed by atoms with Crippen LogP contribution in [0.2, 0.25) is 0 Å². The zero-order chi connectivity index (χ0) is 40.3. The van der Waals surface area contributed by atoms with E-state index in [2.05, 4.69) is 241 Å². The monoisotopic (exact) mass is 777 g/mol. The number of nitrogens with zero attached hydrogens (tertiary/aromatic N) is 1. The Labute approximate surface area is 356 Å². The molecule has 1 atom stereocenters. The smallest absolute Gasteiger partial charge is 0.132 e. The molecular weight excluding hydrogens is 739 g/mol. The van der Waals surface area contributed by atoms with Crippen LogP contribution in [0.3, 0.4) is 0 Å². The molecule has 0 aromatic heterocycles. The summed E-state index contributed by atoms with van der Waals surface area (Å²) in [4.78, 5) is 2.51. The quantitative estimate of drug-likeness (QED) is 0.167. The van der Waals surface area contributed by atoms with Crippen LogP contribution in [0.15, 0.2) is 237 Å². The molecule has 10 aromatic rings. The molecule has 2 aliphatic rings. The third-order valence-corrected chi connectivity index (χ3v) is 12.7. The second-order valence-corrected chi connectivity index (χ2v) is 16.0. The molecule has 2 nitrogen and oxygen atoms in total. The fourth-order valence-electron chi connectivity index (χ4n) is 10.0. The van der Waals surface area contributed by atoms with Crippen LogP contribution in [0.1, 0.15) is 22.3 Å². The summed E-state index contributed by atoms with van der Waals surface area (Å²) >= 11 is 0. The molecule has 1 aliphatic heterocycles. The van der Waals surface area contributed by atoms with Gasteiger partial charge in [-0.05, 0) is 104 Å². The lowest BCUT2D eigenvalue weighted by Gasteiger charge is -2.42. The normalized spacial score (nSPS) is 14.4. The van der Waals surface area contributed by atoms with Gasteiger partial charge < -0.3 is 9.64 Å². The third kappa shape index (κ3) is 5.50. The standard InChI is InChI=1S/C59H39NO/c1-4-17-40(18-5-1)42-31-34-47(35-32-42)60(54-36-33-46(41-19-6-2-7-20-41)37-50(54)43-21-8-3-9-22-43)55-29-16-26-49-48-25-12-13-27-51(48)59(58(49)55)52-28-14-15-30-56(52)61-57-39-45-24-11-10-23-44(45)38-53(57)59/h1-39H. The van der Waals surface area contributed by atoms with Gasteiger partial charge in [-0.1, -0.05) is 188 Å². The number of ether oxygens (including phenoxy) is 1. The minimum atomic E-state index is -0.699. The third-order valence-electron chi connectivity index (χ3n) is 12.7. The highest BCUT2D eigenvalue weighted by Gasteiger charge is 2.53. The van der Waals surface area contributed by atoms with Gasteiger partial charge in [-0.25, -0.2) is 0 Å². The minimum absolute atomic E-state index is 0.699. The van der Waals surface area contributed by atoms with Crippen molar-refractivity contribution in [3.63, 3.8) is 0 Å². The van der Waals surface area contributed by atoms with Crippen molar-refractivity contribution in [2.75, 3.05) is 4.90 Å². The molecular formula is C59H39NO. The predicted molar refractivity (Wildman–Crippen MR) is 252 cm³/mol. The lowest BCUT2D eigenvalue weighted by Crippen LogP contribution is -2.33. The summed E-state index contributed by atoms with van der Waals surface area (Å²) < 4.78 is 6.95. The largest absolute Gasteiger partial charge is 0.457 e. The summed E-state index contributed by atoms with van der Waals surface area (Å²) in [5.74, 6) is 1.75.